The van der Waals surface area contributed by atoms with Crippen molar-refractivity contribution in [1.29, 1.82) is 0 Å². The molecule has 7 heteroatoms. The summed E-state index contributed by atoms with van der Waals surface area (Å²) in [6.45, 7) is 0.774. The van der Waals surface area contributed by atoms with E-state index in [9.17, 15) is 0 Å². The number of hydrogen-bond donors (Lipinski definition) is 3. The minimum absolute atomic E-state index is 0.509. The van der Waals surface area contributed by atoms with E-state index in [2.05, 4.69) is 54.0 Å². The lowest BCUT2D eigenvalue weighted by Gasteiger charge is -2.13. The van der Waals surface area contributed by atoms with E-state index in [-0.39, 0.29) is 0 Å². The number of thiophene rings is 1. The van der Waals surface area contributed by atoms with Crippen molar-refractivity contribution in [2.75, 3.05) is 22.9 Å². The first kappa shape index (κ1) is 15.8. The van der Waals surface area contributed by atoms with Gasteiger partial charge in [0.05, 0.1) is 5.69 Å². The molecule has 3 rings (SSSR count). The predicted octanol–water partition coefficient (Wildman–Crippen LogP) is 4.28. The Hall–Kier alpha value is -2.12. The van der Waals surface area contributed by atoms with Gasteiger partial charge >= 0.3 is 0 Å². The minimum atomic E-state index is 0.509. The number of aromatic nitrogens is 2. The lowest BCUT2D eigenvalue weighted by molar-refractivity contribution is 1.02. The summed E-state index contributed by atoms with van der Waals surface area (Å²) in [5.74, 6) is 1.23. The third kappa shape index (κ3) is 4.00. The molecule has 0 saturated heterocycles. The van der Waals surface area contributed by atoms with E-state index >= 15 is 0 Å². The average molecular weight is 390 g/mol. The topological polar surface area (TPSA) is 75.9 Å². The van der Waals surface area contributed by atoms with Gasteiger partial charge < -0.3 is 16.4 Å². The van der Waals surface area contributed by atoms with Crippen LogP contribution in [0.4, 0.5) is 23.0 Å². The van der Waals surface area contributed by atoms with Crippen LogP contribution in [0.25, 0.3) is 0 Å². The van der Waals surface area contributed by atoms with Crippen molar-refractivity contribution in [2.24, 2.45) is 0 Å². The number of nitrogens with zero attached hydrogens (tertiary/aromatic N) is 2. The molecule has 4 N–H and O–H groups in total. The van der Waals surface area contributed by atoms with Crippen molar-refractivity contribution in [1.82, 2.24) is 9.97 Å². The molecule has 0 spiro atoms. The standard InChI is InChI=1S/C16H16BrN5S/c17-12-5-1-2-6-13(12)22-16-14(18)15(20-10-21-16)19-8-7-11-4-3-9-23-11/h1-6,9-10H,7-8,18H2,(H2,19,20,21,22). The van der Waals surface area contributed by atoms with Crippen molar-refractivity contribution < 1.29 is 0 Å². The molecule has 1 aromatic carbocycles. The van der Waals surface area contributed by atoms with Crippen LogP contribution in [-0.4, -0.2) is 16.5 Å². The summed E-state index contributed by atoms with van der Waals surface area (Å²) >= 11 is 5.25. The SMILES string of the molecule is Nc1c(NCCc2cccs2)ncnc1Nc1ccccc1Br. The summed E-state index contributed by atoms with van der Waals surface area (Å²) in [6, 6.07) is 12.0. The van der Waals surface area contributed by atoms with Crippen LogP contribution in [0.1, 0.15) is 4.88 Å². The second kappa shape index (κ2) is 7.43. The highest BCUT2D eigenvalue weighted by atomic mass is 79.9. The zero-order valence-electron chi connectivity index (χ0n) is 12.3. The van der Waals surface area contributed by atoms with Gasteiger partial charge in [-0.25, -0.2) is 9.97 Å². The van der Waals surface area contributed by atoms with Crippen LogP contribution in [0.15, 0.2) is 52.6 Å². The highest BCUT2D eigenvalue weighted by Crippen LogP contribution is 2.29. The molecular formula is C16H16BrN5S. The summed E-state index contributed by atoms with van der Waals surface area (Å²) in [7, 11) is 0. The first-order valence-electron chi connectivity index (χ1n) is 7.12. The number of halogens is 1. The molecule has 0 aliphatic heterocycles. The molecule has 0 saturated carbocycles. The van der Waals surface area contributed by atoms with E-state index in [1.54, 1.807) is 11.3 Å². The fourth-order valence-electron chi connectivity index (χ4n) is 2.09. The monoisotopic (exact) mass is 389 g/mol. The fraction of sp³-hybridized carbons (Fsp3) is 0.125. The number of nitrogens with two attached hydrogens (primary N) is 1. The van der Waals surface area contributed by atoms with Crippen molar-refractivity contribution in [3.63, 3.8) is 0 Å². The fourth-order valence-corrected chi connectivity index (χ4v) is 3.18. The van der Waals surface area contributed by atoms with E-state index in [0.29, 0.717) is 17.3 Å². The highest BCUT2D eigenvalue weighted by molar-refractivity contribution is 9.10. The van der Waals surface area contributed by atoms with Gasteiger partial charge in [0.1, 0.15) is 12.0 Å². The summed E-state index contributed by atoms with van der Waals surface area (Å²) in [6.07, 6.45) is 2.44. The third-order valence-electron chi connectivity index (χ3n) is 3.25. The number of nitrogens with one attached hydrogen (secondary N) is 2. The largest absolute Gasteiger partial charge is 0.393 e. The molecule has 118 valence electrons. The Morgan fingerprint density at radius 2 is 1.91 bits per heavy atom. The number of benzene rings is 1. The number of nitrogen functional groups attached to an aromatic ring is 1. The van der Waals surface area contributed by atoms with Crippen LogP contribution in [0.3, 0.4) is 0 Å². The van der Waals surface area contributed by atoms with Crippen LogP contribution >= 0.6 is 27.3 Å². The first-order valence-corrected chi connectivity index (χ1v) is 8.79. The maximum atomic E-state index is 6.18. The van der Waals surface area contributed by atoms with Crippen LogP contribution in [0.5, 0.6) is 0 Å². The normalized spacial score (nSPS) is 10.5. The van der Waals surface area contributed by atoms with Gasteiger partial charge in [-0.05, 0) is 45.9 Å². The molecule has 2 heterocycles. The maximum absolute atomic E-state index is 6.18. The van der Waals surface area contributed by atoms with Crippen molar-refractivity contribution in [2.45, 2.75) is 6.42 Å². The average Bonchev–Trinajstić information content (AvgIpc) is 3.06. The molecule has 0 amide bonds. The predicted molar refractivity (Wildman–Crippen MR) is 100 cm³/mol. The van der Waals surface area contributed by atoms with Crippen LogP contribution in [-0.2, 0) is 6.42 Å². The molecule has 23 heavy (non-hydrogen) atoms. The van der Waals surface area contributed by atoms with Crippen LogP contribution < -0.4 is 16.4 Å². The van der Waals surface area contributed by atoms with Gasteiger partial charge in [-0.2, -0.15) is 0 Å². The Labute approximate surface area is 147 Å². The Morgan fingerprint density at radius 3 is 2.70 bits per heavy atom. The van der Waals surface area contributed by atoms with E-state index in [0.717, 1.165) is 23.1 Å². The molecule has 0 bridgehead atoms. The van der Waals surface area contributed by atoms with Crippen molar-refractivity contribution in [3.8, 4) is 0 Å². The number of anilines is 4. The van der Waals surface area contributed by atoms with E-state index in [1.165, 1.54) is 11.2 Å². The zero-order valence-corrected chi connectivity index (χ0v) is 14.7. The molecule has 0 aliphatic carbocycles. The summed E-state index contributed by atoms with van der Waals surface area (Å²) in [4.78, 5) is 9.78. The molecule has 3 aromatic rings. The Balaban J connectivity index is 1.69. The molecule has 0 unspecified atom stereocenters. The maximum Gasteiger partial charge on any atom is 0.159 e. The molecule has 0 radical (unpaired) electrons. The summed E-state index contributed by atoms with van der Waals surface area (Å²) < 4.78 is 0.949. The van der Waals surface area contributed by atoms with Crippen molar-refractivity contribution in [3.05, 3.63) is 57.5 Å². The number of rotatable bonds is 6. The van der Waals surface area contributed by atoms with Gasteiger partial charge in [0.25, 0.3) is 0 Å². The smallest absolute Gasteiger partial charge is 0.159 e. The number of para-hydroxylation sites is 1. The van der Waals surface area contributed by atoms with E-state index in [1.807, 2.05) is 24.3 Å². The van der Waals surface area contributed by atoms with E-state index < -0.39 is 0 Å². The summed E-state index contributed by atoms with van der Waals surface area (Å²) in [5.41, 5.74) is 7.59. The Kier molecular flexibility index (Phi) is 5.09. The molecule has 2 aromatic heterocycles. The lowest BCUT2D eigenvalue weighted by Crippen LogP contribution is -2.10. The molecule has 0 fully saturated rings. The van der Waals surface area contributed by atoms with E-state index in [4.69, 9.17) is 5.73 Å². The van der Waals surface area contributed by atoms with Gasteiger partial charge in [0, 0.05) is 15.9 Å². The second-order valence-corrected chi connectivity index (χ2v) is 6.73. The lowest BCUT2D eigenvalue weighted by atomic mass is 10.3. The quantitative estimate of drug-likeness (QED) is 0.586. The highest BCUT2D eigenvalue weighted by Gasteiger charge is 2.09. The molecule has 0 atom stereocenters. The zero-order chi connectivity index (χ0) is 16.1. The Morgan fingerprint density at radius 1 is 1.09 bits per heavy atom. The van der Waals surface area contributed by atoms with Crippen molar-refractivity contribution >= 4 is 50.3 Å². The van der Waals surface area contributed by atoms with Crippen LogP contribution in [0, 0.1) is 0 Å². The first-order chi connectivity index (χ1) is 11.2. The number of hydrogen-bond acceptors (Lipinski definition) is 6. The van der Waals surface area contributed by atoms with Gasteiger partial charge in [0.15, 0.2) is 11.6 Å². The Bertz CT molecular complexity index is 776. The molecular weight excluding hydrogens is 374 g/mol. The van der Waals surface area contributed by atoms with Gasteiger partial charge in [-0.15, -0.1) is 11.3 Å². The minimum Gasteiger partial charge on any atom is -0.393 e. The molecule has 0 aliphatic rings. The van der Waals surface area contributed by atoms with Gasteiger partial charge in [0.2, 0.25) is 0 Å². The third-order valence-corrected chi connectivity index (χ3v) is 4.88. The van der Waals surface area contributed by atoms with Gasteiger partial charge in [-0.3, -0.25) is 0 Å². The van der Waals surface area contributed by atoms with Crippen LogP contribution in [0.2, 0.25) is 0 Å². The second-order valence-electron chi connectivity index (χ2n) is 4.85. The van der Waals surface area contributed by atoms with Gasteiger partial charge in [-0.1, -0.05) is 18.2 Å². The summed E-state index contributed by atoms with van der Waals surface area (Å²) in [5, 5.41) is 8.57. The molecule has 5 nitrogen and oxygen atoms in total.